The van der Waals surface area contributed by atoms with Gasteiger partial charge in [-0.1, -0.05) is 17.7 Å². The lowest BCUT2D eigenvalue weighted by molar-refractivity contribution is -0.137. The van der Waals surface area contributed by atoms with Crippen LogP contribution in [0.25, 0.3) is 0 Å². The molecule has 0 aromatic heterocycles. The molecule has 0 spiro atoms. The largest absolute Gasteiger partial charge is 0.417 e. The summed E-state index contributed by atoms with van der Waals surface area (Å²) in [5.74, 6) is 0. The SMILES string of the molecule is Cl.FC[C@H](c1ccc(Cl)c(C(F)(F)F)c1)N1CCNCC1. The fraction of sp³-hybridized carbons (Fsp3) is 0.538. The van der Waals surface area contributed by atoms with Crippen LogP contribution >= 0.6 is 24.0 Å². The second-order valence-corrected chi connectivity index (χ2v) is 5.10. The molecular formula is C13H16Cl2F4N2. The van der Waals surface area contributed by atoms with E-state index in [1.165, 1.54) is 12.1 Å². The average Bonchev–Trinajstić information content (AvgIpc) is 2.41. The van der Waals surface area contributed by atoms with Gasteiger partial charge in [0.15, 0.2) is 0 Å². The molecule has 1 aliphatic rings. The smallest absolute Gasteiger partial charge is 0.314 e. The second kappa shape index (κ2) is 7.63. The molecule has 2 nitrogen and oxygen atoms in total. The zero-order valence-corrected chi connectivity index (χ0v) is 12.7. The first-order valence-electron chi connectivity index (χ1n) is 6.31. The molecule has 0 amide bonds. The van der Waals surface area contributed by atoms with Gasteiger partial charge < -0.3 is 5.32 Å². The van der Waals surface area contributed by atoms with Crippen molar-refractivity contribution in [3.8, 4) is 0 Å². The molecule has 0 radical (unpaired) electrons. The van der Waals surface area contributed by atoms with Gasteiger partial charge in [-0.3, -0.25) is 4.90 Å². The Hall–Kier alpha value is -0.560. The quantitative estimate of drug-likeness (QED) is 0.839. The number of hydrogen-bond acceptors (Lipinski definition) is 2. The molecule has 120 valence electrons. The van der Waals surface area contributed by atoms with Crippen molar-refractivity contribution in [1.29, 1.82) is 0 Å². The van der Waals surface area contributed by atoms with E-state index in [4.69, 9.17) is 11.6 Å². The molecule has 2 rings (SSSR count). The summed E-state index contributed by atoms with van der Waals surface area (Å²) in [6, 6.07) is 2.94. The Morgan fingerprint density at radius 3 is 2.38 bits per heavy atom. The van der Waals surface area contributed by atoms with Gasteiger partial charge >= 0.3 is 6.18 Å². The number of halogens is 6. The van der Waals surface area contributed by atoms with Crippen molar-refractivity contribution < 1.29 is 17.6 Å². The van der Waals surface area contributed by atoms with Gasteiger partial charge in [-0.15, -0.1) is 12.4 Å². The standard InChI is InChI=1S/C13H15ClF4N2.ClH/c14-11-2-1-9(7-10(11)13(16,17)18)12(8-15)20-5-3-19-4-6-20;/h1-2,7,12,19H,3-6,8H2;1H/t12-;/m1./s1. The third-order valence-corrected chi connectivity index (χ3v) is 3.75. The Morgan fingerprint density at radius 1 is 1.24 bits per heavy atom. The molecule has 0 aliphatic carbocycles. The number of benzene rings is 1. The van der Waals surface area contributed by atoms with Gasteiger partial charge in [0, 0.05) is 26.2 Å². The first-order valence-corrected chi connectivity index (χ1v) is 6.68. The summed E-state index contributed by atoms with van der Waals surface area (Å²) in [6.07, 6.45) is -4.53. The highest BCUT2D eigenvalue weighted by atomic mass is 35.5. The molecule has 0 unspecified atom stereocenters. The molecule has 21 heavy (non-hydrogen) atoms. The monoisotopic (exact) mass is 346 g/mol. The van der Waals surface area contributed by atoms with E-state index >= 15 is 0 Å². The minimum atomic E-state index is -4.53. The molecule has 1 aromatic carbocycles. The van der Waals surface area contributed by atoms with Gasteiger partial charge in [0.1, 0.15) is 6.67 Å². The maximum Gasteiger partial charge on any atom is 0.417 e. The third-order valence-electron chi connectivity index (χ3n) is 3.42. The Morgan fingerprint density at radius 2 is 1.86 bits per heavy atom. The van der Waals surface area contributed by atoms with E-state index < -0.39 is 24.5 Å². The van der Waals surface area contributed by atoms with Crippen molar-refractivity contribution in [3.05, 3.63) is 34.3 Å². The predicted molar refractivity (Wildman–Crippen MR) is 76.9 cm³/mol. The second-order valence-electron chi connectivity index (χ2n) is 4.69. The molecule has 1 aromatic rings. The predicted octanol–water partition coefficient (Wildman–Crippen LogP) is 3.70. The number of nitrogens with zero attached hydrogens (tertiary/aromatic N) is 1. The number of hydrogen-bond donors (Lipinski definition) is 1. The van der Waals surface area contributed by atoms with E-state index in [2.05, 4.69) is 5.32 Å². The lowest BCUT2D eigenvalue weighted by Crippen LogP contribution is -2.45. The molecule has 8 heteroatoms. The van der Waals surface area contributed by atoms with Gasteiger partial charge in [-0.05, 0) is 17.7 Å². The summed E-state index contributed by atoms with van der Waals surface area (Å²) in [6.45, 7) is 1.91. The lowest BCUT2D eigenvalue weighted by Gasteiger charge is -2.34. The summed E-state index contributed by atoms with van der Waals surface area (Å²) in [5.41, 5.74) is -0.601. The van der Waals surface area contributed by atoms with Crippen molar-refractivity contribution in [2.24, 2.45) is 0 Å². The number of rotatable bonds is 3. The van der Waals surface area contributed by atoms with E-state index in [1.807, 2.05) is 4.90 Å². The average molecular weight is 347 g/mol. The molecule has 1 aliphatic heterocycles. The van der Waals surface area contributed by atoms with E-state index in [0.717, 1.165) is 6.07 Å². The molecule has 1 heterocycles. The van der Waals surface area contributed by atoms with Crippen LogP contribution in [-0.2, 0) is 6.18 Å². The summed E-state index contributed by atoms with van der Waals surface area (Å²) < 4.78 is 51.8. The minimum absolute atomic E-state index is 0. The highest BCUT2D eigenvalue weighted by Gasteiger charge is 2.34. The Balaban J connectivity index is 0.00000220. The van der Waals surface area contributed by atoms with Crippen LogP contribution in [0.3, 0.4) is 0 Å². The van der Waals surface area contributed by atoms with Crippen LogP contribution in [0.5, 0.6) is 0 Å². The van der Waals surface area contributed by atoms with Crippen molar-refractivity contribution in [3.63, 3.8) is 0 Å². The highest BCUT2D eigenvalue weighted by Crippen LogP contribution is 2.37. The van der Waals surface area contributed by atoms with Crippen molar-refractivity contribution in [1.82, 2.24) is 10.2 Å². The number of nitrogens with one attached hydrogen (secondary N) is 1. The van der Waals surface area contributed by atoms with Gasteiger partial charge in [0.2, 0.25) is 0 Å². The van der Waals surface area contributed by atoms with Gasteiger partial charge in [0.25, 0.3) is 0 Å². The fourth-order valence-electron chi connectivity index (χ4n) is 2.36. The van der Waals surface area contributed by atoms with E-state index in [-0.39, 0.29) is 17.4 Å². The van der Waals surface area contributed by atoms with Crippen LogP contribution in [0.15, 0.2) is 18.2 Å². The third kappa shape index (κ3) is 4.45. The maximum absolute atomic E-state index is 13.3. The molecular weight excluding hydrogens is 331 g/mol. The zero-order chi connectivity index (χ0) is 14.8. The van der Waals surface area contributed by atoms with Crippen LogP contribution < -0.4 is 5.32 Å². The first-order chi connectivity index (χ1) is 9.43. The molecule has 1 saturated heterocycles. The first kappa shape index (κ1) is 18.5. The van der Waals surface area contributed by atoms with Gasteiger partial charge in [-0.2, -0.15) is 13.2 Å². The topological polar surface area (TPSA) is 15.3 Å². The Labute approximate surface area is 131 Å². The summed E-state index contributed by atoms with van der Waals surface area (Å²) >= 11 is 5.58. The summed E-state index contributed by atoms with van der Waals surface area (Å²) in [5, 5.41) is 2.76. The Bertz CT molecular complexity index is 462. The molecule has 1 N–H and O–H groups in total. The highest BCUT2D eigenvalue weighted by molar-refractivity contribution is 6.31. The van der Waals surface area contributed by atoms with E-state index in [9.17, 15) is 17.6 Å². The van der Waals surface area contributed by atoms with Crippen LogP contribution in [0.4, 0.5) is 17.6 Å². The summed E-state index contributed by atoms with van der Waals surface area (Å²) in [4.78, 5) is 1.85. The zero-order valence-electron chi connectivity index (χ0n) is 11.1. The molecule has 1 fully saturated rings. The van der Waals surface area contributed by atoms with Crippen molar-refractivity contribution in [2.75, 3.05) is 32.9 Å². The minimum Gasteiger partial charge on any atom is -0.314 e. The van der Waals surface area contributed by atoms with E-state index in [0.29, 0.717) is 31.7 Å². The number of piperazine rings is 1. The lowest BCUT2D eigenvalue weighted by atomic mass is 10.0. The molecule has 0 bridgehead atoms. The Kier molecular flexibility index (Phi) is 6.71. The number of alkyl halides is 4. The fourth-order valence-corrected chi connectivity index (χ4v) is 2.58. The normalized spacial score (nSPS) is 18.1. The van der Waals surface area contributed by atoms with Gasteiger partial charge in [-0.25, -0.2) is 4.39 Å². The van der Waals surface area contributed by atoms with Crippen LogP contribution in [0.2, 0.25) is 5.02 Å². The van der Waals surface area contributed by atoms with E-state index in [1.54, 1.807) is 0 Å². The summed E-state index contributed by atoms with van der Waals surface area (Å²) in [7, 11) is 0. The van der Waals surface area contributed by atoms with Crippen LogP contribution in [-0.4, -0.2) is 37.8 Å². The van der Waals surface area contributed by atoms with Crippen molar-refractivity contribution >= 4 is 24.0 Å². The van der Waals surface area contributed by atoms with Gasteiger partial charge in [0.05, 0.1) is 16.6 Å². The van der Waals surface area contributed by atoms with Crippen LogP contribution in [0.1, 0.15) is 17.2 Å². The molecule has 1 atom stereocenters. The van der Waals surface area contributed by atoms with Crippen molar-refractivity contribution in [2.45, 2.75) is 12.2 Å². The van der Waals surface area contributed by atoms with Crippen LogP contribution in [0, 0.1) is 0 Å². The maximum atomic E-state index is 13.3. The molecule has 0 saturated carbocycles.